The fourth-order valence-electron chi connectivity index (χ4n) is 0.786. The summed E-state index contributed by atoms with van der Waals surface area (Å²) in [4.78, 5) is 2.85. The summed E-state index contributed by atoms with van der Waals surface area (Å²) in [5.74, 6) is -1.36. The fraction of sp³-hybridized carbons (Fsp3) is 0.167. The molecule has 0 fully saturated rings. The van der Waals surface area contributed by atoms with Gasteiger partial charge in [0.25, 0.3) is 0 Å². The lowest BCUT2D eigenvalue weighted by Crippen LogP contribution is -2.33. The Labute approximate surface area is 76.2 Å². The first-order valence-corrected chi connectivity index (χ1v) is 3.41. The molecular formula is C6H4BF4NO2. The van der Waals surface area contributed by atoms with Crippen molar-refractivity contribution in [2.75, 3.05) is 0 Å². The second kappa shape index (κ2) is 3.54. The van der Waals surface area contributed by atoms with Crippen LogP contribution in [0.25, 0.3) is 0 Å². The Kier molecular flexibility index (Phi) is 2.77. The maximum absolute atomic E-state index is 12.8. The van der Waals surface area contributed by atoms with Gasteiger partial charge in [0, 0.05) is 17.7 Å². The summed E-state index contributed by atoms with van der Waals surface area (Å²) in [6, 6.07) is 0.106. The molecule has 1 rings (SSSR count). The Morgan fingerprint density at radius 1 is 1.29 bits per heavy atom. The monoisotopic (exact) mass is 209 g/mol. The van der Waals surface area contributed by atoms with E-state index in [2.05, 4.69) is 4.98 Å². The molecule has 0 saturated heterocycles. The van der Waals surface area contributed by atoms with Crippen molar-refractivity contribution in [3.05, 3.63) is 23.8 Å². The zero-order chi connectivity index (χ0) is 10.9. The summed E-state index contributed by atoms with van der Waals surface area (Å²) >= 11 is 0. The van der Waals surface area contributed by atoms with Crippen molar-refractivity contribution in [3.8, 4) is 0 Å². The van der Waals surface area contributed by atoms with E-state index in [0.717, 1.165) is 0 Å². The van der Waals surface area contributed by atoms with Crippen LogP contribution in [-0.2, 0) is 6.18 Å². The van der Waals surface area contributed by atoms with E-state index in [0.29, 0.717) is 6.20 Å². The number of pyridine rings is 1. The van der Waals surface area contributed by atoms with E-state index in [4.69, 9.17) is 10.0 Å². The van der Waals surface area contributed by atoms with E-state index in [-0.39, 0.29) is 6.07 Å². The molecule has 0 aliphatic heterocycles. The molecular weight excluding hydrogens is 205 g/mol. The molecule has 0 radical (unpaired) electrons. The Balaban J connectivity index is 3.13. The predicted octanol–water partition coefficient (Wildman–Crippen LogP) is -0.0807. The van der Waals surface area contributed by atoms with E-state index in [1.807, 2.05) is 0 Å². The second-order valence-corrected chi connectivity index (χ2v) is 2.46. The van der Waals surface area contributed by atoms with E-state index in [1.54, 1.807) is 0 Å². The minimum absolute atomic E-state index is 0.106. The number of rotatable bonds is 1. The minimum atomic E-state index is -4.75. The molecule has 0 aliphatic rings. The zero-order valence-corrected chi connectivity index (χ0v) is 6.59. The van der Waals surface area contributed by atoms with Gasteiger partial charge in [-0.2, -0.15) is 13.2 Å². The van der Waals surface area contributed by atoms with Gasteiger partial charge in [0.05, 0.1) is 0 Å². The number of hydrogen-bond acceptors (Lipinski definition) is 3. The lowest BCUT2D eigenvalue weighted by molar-refractivity contribution is -0.141. The van der Waals surface area contributed by atoms with Gasteiger partial charge in [-0.15, -0.1) is 0 Å². The highest BCUT2D eigenvalue weighted by atomic mass is 19.4. The molecule has 3 nitrogen and oxygen atoms in total. The summed E-state index contributed by atoms with van der Waals surface area (Å²) in [5.41, 5.74) is -2.11. The molecule has 0 aromatic carbocycles. The second-order valence-electron chi connectivity index (χ2n) is 2.46. The highest BCUT2D eigenvalue weighted by Crippen LogP contribution is 2.27. The predicted molar refractivity (Wildman–Crippen MR) is 39.0 cm³/mol. The third-order valence-corrected chi connectivity index (χ3v) is 1.45. The van der Waals surface area contributed by atoms with E-state index >= 15 is 0 Å². The third-order valence-electron chi connectivity index (χ3n) is 1.45. The first kappa shape index (κ1) is 10.9. The molecule has 76 valence electrons. The van der Waals surface area contributed by atoms with Crippen LogP contribution in [0.5, 0.6) is 0 Å². The molecule has 0 unspecified atom stereocenters. The summed E-state index contributed by atoms with van der Waals surface area (Å²) < 4.78 is 48.6. The molecule has 8 heteroatoms. The maximum Gasteiger partial charge on any atom is 0.493 e. The van der Waals surface area contributed by atoms with Crippen molar-refractivity contribution >= 4 is 12.6 Å². The van der Waals surface area contributed by atoms with E-state index in [9.17, 15) is 17.6 Å². The van der Waals surface area contributed by atoms with Gasteiger partial charge in [-0.05, 0) is 0 Å². The van der Waals surface area contributed by atoms with E-state index < -0.39 is 30.3 Å². The van der Waals surface area contributed by atoms with Gasteiger partial charge in [-0.1, -0.05) is 0 Å². The quantitative estimate of drug-likeness (QED) is 0.502. The average molecular weight is 209 g/mol. The highest BCUT2D eigenvalue weighted by Gasteiger charge is 2.34. The third kappa shape index (κ3) is 2.21. The van der Waals surface area contributed by atoms with Crippen molar-refractivity contribution in [3.63, 3.8) is 0 Å². The van der Waals surface area contributed by atoms with Crippen LogP contribution in [0.1, 0.15) is 5.69 Å². The Hall–Kier alpha value is -1.15. The van der Waals surface area contributed by atoms with Gasteiger partial charge in [0.2, 0.25) is 0 Å². The number of aromatic nitrogens is 1. The van der Waals surface area contributed by atoms with Crippen molar-refractivity contribution in [1.82, 2.24) is 4.98 Å². The summed E-state index contributed by atoms with van der Waals surface area (Å²) in [6.07, 6.45) is -4.32. The number of hydrogen-bond donors (Lipinski definition) is 2. The Morgan fingerprint density at radius 3 is 2.21 bits per heavy atom. The molecule has 1 aromatic rings. The smallest absolute Gasteiger partial charge is 0.423 e. The van der Waals surface area contributed by atoms with Crippen LogP contribution in [0.4, 0.5) is 17.6 Å². The van der Waals surface area contributed by atoms with Gasteiger partial charge in [-0.25, -0.2) is 4.39 Å². The van der Waals surface area contributed by atoms with Gasteiger partial charge in [0.15, 0.2) is 0 Å². The Bertz CT molecular complexity index is 341. The van der Waals surface area contributed by atoms with Gasteiger partial charge >= 0.3 is 13.3 Å². The largest absolute Gasteiger partial charge is 0.493 e. The molecule has 14 heavy (non-hydrogen) atoms. The Morgan fingerprint density at radius 2 is 1.86 bits per heavy atom. The van der Waals surface area contributed by atoms with Crippen molar-refractivity contribution < 1.29 is 27.6 Å². The number of nitrogens with zero attached hydrogens (tertiary/aromatic N) is 1. The number of alkyl halides is 3. The first-order valence-electron chi connectivity index (χ1n) is 3.41. The molecule has 0 aliphatic carbocycles. The van der Waals surface area contributed by atoms with Crippen LogP contribution in [0.15, 0.2) is 12.3 Å². The highest BCUT2D eigenvalue weighted by molar-refractivity contribution is 6.58. The molecule has 0 amide bonds. The summed E-state index contributed by atoms with van der Waals surface area (Å²) in [6.45, 7) is 0. The van der Waals surface area contributed by atoms with Crippen molar-refractivity contribution in [2.45, 2.75) is 6.18 Å². The SMILES string of the molecule is OB(O)c1cnc(C(F)(F)F)cc1F. The van der Waals surface area contributed by atoms with Crippen molar-refractivity contribution in [2.24, 2.45) is 0 Å². The van der Waals surface area contributed by atoms with Crippen LogP contribution in [0.2, 0.25) is 0 Å². The standard InChI is InChI=1S/C6H4BF4NO2/c8-4-1-5(6(9,10)11)12-2-3(4)7(13)14/h1-2,13-14H. The fourth-order valence-corrected chi connectivity index (χ4v) is 0.786. The molecule has 1 heterocycles. The minimum Gasteiger partial charge on any atom is -0.423 e. The average Bonchev–Trinajstić information content (AvgIpc) is 2.01. The van der Waals surface area contributed by atoms with Gasteiger partial charge in [0.1, 0.15) is 11.5 Å². The number of halogens is 4. The molecule has 1 aromatic heterocycles. The van der Waals surface area contributed by atoms with Gasteiger partial charge in [-0.3, -0.25) is 4.98 Å². The first-order chi connectivity index (χ1) is 6.32. The summed E-state index contributed by atoms with van der Waals surface area (Å²) in [7, 11) is -2.18. The molecule has 2 N–H and O–H groups in total. The summed E-state index contributed by atoms with van der Waals surface area (Å²) in [5, 5.41) is 17.0. The molecule has 0 spiro atoms. The van der Waals surface area contributed by atoms with Crippen LogP contribution >= 0.6 is 0 Å². The lowest BCUT2D eigenvalue weighted by atomic mass is 9.81. The molecule has 0 bridgehead atoms. The lowest BCUT2D eigenvalue weighted by Gasteiger charge is -2.07. The van der Waals surface area contributed by atoms with E-state index in [1.165, 1.54) is 0 Å². The molecule has 0 atom stereocenters. The van der Waals surface area contributed by atoms with Crippen LogP contribution in [-0.4, -0.2) is 22.2 Å². The van der Waals surface area contributed by atoms with Crippen LogP contribution in [0.3, 0.4) is 0 Å². The maximum atomic E-state index is 12.8. The molecule has 0 saturated carbocycles. The van der Waals surface area contributed by atoms with Crippen molar-refractivity contribution in [1.29, 1.82) is 0 Å². The zero-order valence-electron chi connectivity index (χ0n) is 6.59. The van der Waals surface area contributed by atoms with Gasteiger partial charge < -0.3 is 10.0 Å². The van der Waals surface area contributed by atoms with Crippen LogP contribution in [0, 0.1) is 5.82 Å². The van der Waals surface area contributed by atoms with Crippen LogP contribution < -0.4 is 5.46 Å². The normalized spacial score (nSPS) is 11.6. The topological polar surface area (TPSA) is 53.4 Å².